The summed E-state index contributed by atoms with van der Waals surface area (Å²) in [7, 11) is 1.52. The van der Waals surface area contributed by atoms with Crippen LogP contribution in [-0.4, -0.2) is 43.8 Å². The number of ether oxygens (including phenoxy) is 1. The molecule has 4 N–H and O–H groups in total. The molecule has 3 rings (SSSR count). The highest BCUT2D eigenvalue weighted by Crippen LogP contribution is 2.32. The molecule has 0 aliphatic heterocycles. The number of halogens is 3. The number of rotatable bonds is 7. The summed E-state index contributed by atoms with van der Waals surface area (Å²) in [5.74, 6) is -2.52. The van der Waals surface area contributed by atoms with Crippen molar-refractivity contribution in [2.24, 2.45) is 12.8 Å². The van der Waals surface area contributed by atoms with Crippen molar-refractivity contribution < 1.29 is 23.1 Å². The molecule has 0 atom stereocenters. The number of alkyl halides is 1. The van der Waals surface area contributed by atoms with E-state index in [-0.39, 0.29) is 39.2 Å². The number of carbonyl (C=O) groups is 2. The normalized spacial score (nSPS) is 11.5. The Morgan fingerprint density at radius 2 is 2.06 bits per heavy atom. The van der Waals surface area contributed by atoms with Gasteiger partial charge in [0.1, 0.15) is 34.7 Å². The molecule has 2 heterocycles. The molecule has 0 saturated carbocycles. The number of H-pyrrole nitrogens is 1. The van der Waals surface area contributed by atoms with Crippen molar-refractivity contribution >= 4 is 29.1 Å². The average molecular weight is 467 g/mol. The van der Waals surface area contributed by atoms with Crippen LogP contribution < -0.4 is 15.8 Å². The van der Waals surface area contributed by atoms with Gasteiger partial charge in [-0.2, -0.15) is 5.10 Å². The highest BCUT2D eigenvalue weighted by molar-refractivity contribution is 6.33. The van der Waals surface area contributed by atoms with Crippen molar-refractivity contribution in [2.45, 2.75) is 26.4 Å². The first-order valence-electron chi connectivity index (χ1n) is 9.38. The van der Waals surface area contributed by atoms with E-state index < -0.39 is 29.9 Å². The molecule has 2 amide bonds. The average Bonchev–Trinajstić information content (AvgIpc) is 3.23. The van der Waals surface area contributed by atoms with Gasteiger partial charge in [0.15, 0.2) is 5.82 Å². The first kappa shape index (κ1) is 23.2. The van der Waals surface area contributed by atoms with Crippen molar-refractivity contribution in [3.8, 4) is 17.0 Å². The molecule has 12 heteroatoms. The van der Waals surface area contributed by atoms with E-state index in [4.69, 9.17) is 22.1 Å². The fraction of sp³-hybridized carbons (Fsp3) is 0.300. The molecule has 2 aromatic heterocycles. The minimum Gasteiger partial charge on any atom is -0.489 e. The minimum atomic E-state index is -1.73. The predicted octanol–water partition coefficient (Wildman–Crippen LogP) is 3.39. The van der Waals surface area contributed by atoms with E-state index >= 15 is 4.39 Å². The Labute approximate surface area is 186 Å². The van der Waals surface area contributed by atoms with Crippen LogP contribution in [0.25, 0.3) is 11.3 Å². The Bertz CT molecular complexity index is 1180. The van der Waals surface area contributed by atoms with Crippen LogP contribution in [0.5, 0.6) is 5.75 Å². The predicted molar refractivity (Wildman–Crippen MR) is 114 cm³/mol. The van der Waals surface area contributed by atoms with E-state index in [0.29, 0.717) is 5.69 Å². The second kappa shape index (κ2) is 8.58. The van der Waals surface area contributed by atoms with Gasteiger partial charge in [-0.25, -0.2) is 13.8 Å². The topological polar surface area (TPSA) is 128 Å². The molecular formula is C20H21ClF2N6O3. The van der Waals surface area contributed by atoms with Crippen molar-refractivity contribution in [2.75, 3.05) is 11.9 Å². The van der Waals surface area contributed by atoms with Crippen LogP contribution in [0.3, 0.4) is 0 Å². The van der Waals surface area contributed by atoms with Crippen LogP contribution in [0.1, 0.15) is 40.5 Å². The molecule has 170 valence electrons. The lowest BCUT2D eigenvalue weighted by Crippen LogP contribution is -2.24. The summed E-state index contributed by atoms with van der Waals surface area (Å²) < 4.78 is 35.9. The van der Waals surface area contributed by atoms with Gasteiger partial charge in [0.05, 0.1) is 17.0 Å². The molecule has 3 aromatic rings. The number of nitrogens with two attached hydrogens (primary N) is 1. The maximum Gasteiger partial charge on any atom is 0.284 e. The number of benzene rings is 1. The largest absolute Gasteiger partial charge is 0.489 e. The molecule has 0 aliphatic rings. The lowest BCUT2D eigenvalue weighted by Gasteiger charge is -2.18. The molecule has 0 bridgehead atoms. The summed E-state index contributed by atoms with van der Waals surface area (Å²) in [6, 6.07) is 2.15. The number of nitrogens with zero attached hydrogens (tertiary/aromatic N) is 3. The van der Waals surface area contributed by atoms with Gasteiger partial charge in [-0.15, -0.1) is 0 Å². The smallest absolute Gasteiger partial charge is 0.284 e. The number of aromatic nitrogens is 4. The number of amides is 2. The van der Waals surface area contributed by atoms with Crippen molar-refractivity contribution in [1.82, 2.24) is 19.7 Å². The number of anilines is 1. The van der Waals surface area contributed by atoms with Crippen molar-refractivity contribution in [3.63, 3.8) is 0 Å². The summed E-state index contributed by atoms with van der Waals surface area (Å²) in [5, 5.41) is 9.02. The quantitative estimate of drug-likeness (QED) is 0.491. The highest BCUT2D eigenvalue weighted by Gasteiger charge is 2.24. The monoisotopic (exact) mass is 466 g/mol. The van der Waals surface area contributed by atoms with Crippen LogP contribution in [0.15, 0.2) is 18.3 Å². The van der Waals surface area contributed by atoms with E-state index in [1.807, 2.05) is 0 Å². The van der Waals surface area contributed by atoms with Crippen molar-refractivity contribution in [3.05, 3.63) is 46.4 Å². The molecule has 0 saturated heterocycles. The number of hydrogen-bond acceptors (Lipinski definition) is 5. The molecular weight excluding hydrogens is 446 g/mol. The van der Waals surface area contributed by atoms with Gasteiger partial charge >= 0.3 is 0 Å². The van der Waals surface area contributed by atoms with Crippen LogP contribution in [0, 0.1) is 12.7 Å². The van der Waals surface area contributed by atoms with Gasteiger partial charge in [-0.05, 0) is 32.9 Å². The molecule has 0 fully saturated rings. The number of imidazole rings is 1. The minimum absolute atomic E-state index is 0.0613. The van der Waals surface area contributed by atoms with E-state index in [2.05, 4.69) is 20.5 Å². The SMILES string of the molecule is Cc1n[nH]c(Cl)c1NC(=O)c1cc(F)c(-c2cn(C)c(C(N)=O)n2)cc1OCC(C)(C)F. The fourth-order valence-electron chi connectivity index (χ4n) is 2.85. The third-order valence-corrected chi connectivity index (χ3v) is 4.67. The van der Waals surface area contributed by atoms with Crippen LogP contribution in [-0.2, 0) is 7.05 Å². The van der Waals surface area contributed by atoms with Crippen LogP contribution in [0.4, 0.5) is 14.5 Å². The molecule has 0 radical (unpaired) electrons. The summed E-state index contributed by atoms with van der Waals surface area (Å²) in [6.45, 7) is 3.80. The Morgan fingerprint density at radius 3 is 2.59 bits per heavy atom. The van der Waals surface area contributed by atoms with E-state index in [0.717, 1.165) is 6.07 Å². The number of aryl methyl sites for hydroxylation is 2. The zero-order valence-electron chi connectivity index (χ0n) is 17.7. The second-order valence-electron chi connectivity index (χ2n) is 7.71. The van der Waals surface area contributed by atoms with Crippen LogP contribution in [0.2, 0.25) is 5.15 Å². The number of carbonyl (C=O) groups excluding carboxylic acids is 2. The van der Waals surface area contributed by atoms with Gasteiger partial charge in [0.2, 0.25) is 0 Å². The first-order valence-corrected chi connectivity index (χ1v) is 9.76. The lowest BCUT2D eigenvalue weighted by atomic mass is 10.1. The zero-order valence-corrected chi connectivity index (χ0v) is 18.5. The molecule has 0 unspecified atom stereocenters. The van der Waals surface area contributed by atoms with Gasteiger partial charge in [-0.1, -0.05) is 11.6 Å². The highest BCUT2D eigenvalue weighted by atomic mass is 35.5. The Morgan fingerprint density at radius 1 is 1.38 bits per heavy atom. The van der Waals surface area contributed by atoms with Crippen LogP contribution >= 0.6 is 11.6 Å². The molecule has 0 spiro atoms. The Kier molecular flexibility index (Phi) is 6.22. The summed E-state index contributed by atoms with van der Waals surface area (Å²) >= 11 is 5.98. The third kappa shape index (κ3) is 4.88. The second-order valence-corrected chi connectivity index (χ2v) is 8.09. The fourth-order valence-corrected chi connectivity index (χ4v) is 3.08. The third-order valence-electron chi connectivity index (χ3n) is 4.40. The van der Waals surface area contributed by atoms with E-state index in [9.17, 15) is 14.0 Å². The van der Waals surface area contributed by atoms with Gasteiger partial charge in [0, 0.05) is 18.8 Å². The maximum atomic E-state index is 15.0. The van der Waals surface area contributed by atoms with Crippen molar-refractivity contribution in [1.29, 1.82) is 0 Å². The van der Waals surface area contributed by atoms with Gasteiger partial charge in [-0.3, -0.25) is 14.7 Å². The number of nitrogens with one attached hydrogen (secondary N) is 2. The molecule has 1 aromatic carbocycles. The van der Waals surface area contributed by atoms with E-state index in [1.165, 1.54) is 37.7 Å². The molecule has 32 heavy (non-hydrogen) atoms. The Balaban J connectivity index is 2.06. The zero-order chi connectivity index (χ0) is 23.8. The molecule has 9 nitrogen and oxygen atoms in total. The summed E-state index contributed by atoms with van der Waals surface area (Å²) in [6.07, 6.45) is 1.40. The lowest BCUT2D eigenvalue weighted by molar-refractivity contribution is 0.0984. The number of aromatic amines is 1. The Hall–Kier alpha value is -3.47. The van der Waals surface area contributed by atoms with E-state index in [1.54, 1.807) is 6.92 Å². The summed E-state index contributed by atoms with van der Waals surface area (Å²) in [5.41, 5.74) is 4.01. The van der Waals surface area contributed by atoms with Gasteiger partial charge < -0.3 is 20.4 Å². The number of primary amides is 1. The summed E-state index contributed by atoms with van der Waals surface area (Å²) in [4.78, 5) is 28.4. The number of hydrogen-bond donors (Lipinski definition) is 3. The maximum absolute atomic E-state index is 15.0. The standard InChI is InChI=1S/C20H21ClF2N6O3/c1-9-15(16(21)28-27-9)26-19(31)11-5-12(22)10(6-14(11)32-8-20(2,3)23)13-7-29(4)18(25-13)17(24)30/h5-7H,8H2,1-4H3,(H2,24,30)(H,26,31)(H,27,28). The van der Waals surface area contributed by atoms with Gasteiger partial charge in [0.25, 0.3) is 11.8 Å². The molecule has 0 aliphatic carbocycles. The first-order chi connectivity index (χ1) is 14.9.